The standard InChI is InChI=1S/C11H14ClN3O/c12-10-9(6-3-7-13-10)15-11(16)14-8-4-1-2-5-8/h3,6-8H,1-2,4-5H2,(H2,14,15,16). The zero-order chi connectivity index (χ0) is 11.4. The van der Waals surface area contributed by atoms with Crippen molar-refractivity contribution in [3.05, 3.63) is 23.5 Å². The van der Waals surface area contributed by atoms with E-state index in [1.165, 1.54) is 12.8 Å². The van der Waals surface area contributed by atoms with Gasteiger partial charge < -0.3 is 10.6 Å². The molecule has 1 saturated carbocycles. The van der Waals surface area contributed by atoms with Gasteiger partial charge in [0.15, 0.2) is 5.15 Å². The van der Waals surface area contributed by atoms with Gasteiger partial charge in [0.2, 0.25) is 0 Å². The van der Waals surface area contributed by atoms with Gasteiger partial charge in [-0.25, -0.2) is 9.78 Å². The van der Waals surface area contributed by atoms with Crippen molar-refractivity contribution in [1.29, 1.82) is 0 Å². The molecule has 0 aliphatic heterocycles. The van der Waals surface area contributed by atoms with Crippen LogP contribution in [0.2, 0.25) is 5.15 Å². The Labute approximate surface area is 99.4 Å². The second-order valence-electron chi connectivity index (χ2n) is 3.92. The zero-order valence-electron chi connectivity index (χ0n) is 8.87. The van der Waals surface area contributed by atoms with E-state index >= 15 is 0 Å². The Morgan fingerprint density at radius 3 is 2.88 bits per heavy atom. The van der Waals surface area contributed by atoms with Crippen molar-refractivity contribution in [3.63, 3.8) is 0 Å². The minimum atomic E-state index is -0.207. The highest BCUT2D eigenvalue weighted by Crippen LogP contribution is 2.19. The number of anilines is 1. The van der Waals surface area contributed by atoms with E-state index in [4.69, 9.17) is 11.6 Å². The van der Waals surface area contributed by atoms with Crippen molar-refractivity contribution in [1.82, 2.24) is 10.3 Å². The molecule has 1 aromatic rings. The number of carbonyl (C=O) groups excluding carboxylic acids is 1. The summed E-state index contributed by atoms with van der Waals surface area (Å²) < 4.78 is 0. The van der Waals surface area contributed by atoms with E-state index in [2.05, 4.69) is 15.6 Å². The molecule has 4 nitrogen and oxygen atoms in total. The van der Waals surface area contributed by atoms with E-state index in [1.807, 2.05) is 0 Å². The average Bonchev–Trinajstić information content (AvgIpc) is 2.74. The molecule has 2 N–H and O–H groups in total. The number of carbonyl (C=O) groups is 1. The van der Waals surface area contributed by atoms with E-state index in [1.54, 1.807) is 18.3 Å². The smallest absolute Gasteiger partial charge is 0.319 e. The van der Waals surface area contributed by atoms with Gasteiger partial charge >= 0.3 is 6.03 Å². The summed E-state index contributed by atoms with van der Waals surface area (Å²) in [6.45, 7) is 0. The van der Waals surface area contributed by atoms with Gasteiger partial charge in [0.1, 0.15) is 0 Å². The van der Waals surface area contributed by atoms with Crippen LogP contribution in [0.15, 0.2) is 18.3 Å². The van der Waals surface area contributed by atoms with Crippen molar-refractivity contribution >= 4 is 23.3 Å². The van der Waals surface area contributed by atoms with Crippen molar-refractivity contribution in [3.8, 4) is 0 Å². The first-order valence-corrected chi connectivity index (χ1v) is 5.81. The molecule has 2 rings (SSSR count). The van der Waals surface area contributed by atoms with Gasteiger partial charge in [0, 0.05) is 12.2 Å². The maximum atomic E-state index is 11.6. The van der Waals surface area contributed by atoms with Gasteiger partial charge in [0.25, 0.3) is 0 Å². The molecule has 1 aliphatic carbocycles. The summed E-state index contributed by atoms with van der Waals surface area (Å²) >= 11 is 5.83. The second kappa shape index (κ2) is 5.16. The number of nitrogens with one attached hydrogen (secondary N) is 2. The first-order valence-electron chi connectivity index (χ1n) is 5.44. The summed E-state index contributed by atoms with van der Waals surface area (Å²) in [6, 6.07) is 3.55. The molecule has 2 amide bonds. The van der Waals surface area contributed by atoms with Crippen LogP contribution in [0, 0.1) is 0 Å². The lowest BCUT2D eigenvalue weighted by atomic mass is 10.2. The van der Waals surface area contributed by atoms with Gasteiger partial charge in [-0.15, -0.1) is 0 Å². The number of amides is 2. The number of rotatable bonds is 2. The molecule has 0 radical (unpaired) electrons. The van der Waals surface area contributed by atoms with E-state index in [0.29, 0.717) is 16.9 Å². The van der Waals surface area contributed by atoms with Crippen LogP contribution >= 0.6 is 11.6 Å². The van der Waals surface area contributed by atoms with Crippen LogP contribution in [0.4, 0.5) is 10.5 Å². The minimum absolute atomic E-state index is 0.207. The first-order chi connectivity index (χ1) is 7.75. The van der Waals surface area contributed by atoms with Crippen LogP contribution in [-0.2, 0) is 0 Å². The normalized spacial score (nSPS) is 16.1. The highest BCUT2D eigenvalue weighted by Gasteiger charge is 2.17. The molecule has 5 heteroatoms. The van der Waals surface area contributed by atoms with Crippen molar-refractivity contribution in [2.75, 3.05) is 5.32 Å². The van der Waals surface area contributed by atoms with Crippen LogP contribution in [0.5, 0.6) is 0 Å². The van der Waals surface area contributed by atoms with E-state index in [-0.39, 0.29) is 6.03 Å². The lowest BCUT2D eigenvalue weighted by Gasteiger charge is -2.13. The minimum Gasteiger partial charge on any atom is -0.335 e. The molecule has 0 atom stereocenters. The highest BCUT2D eigenvalue weighted by molar-refractivity contribution is 6.32. The fourth-order valence-corrected chi connectivity index (χ4v) is 2.06. The van der Waals surface area contributed by atoms with Gasteiger partial charge in [-0.2, -0.15) is 0 Å². The lowest BCUT2D eigenvalue weighted by Crippen LogP contribution is -2.36. The summed E-state index contributed by atoms with van der Waals surface area (Å²) in [7, 11) is 0. The van der Waals surface area contributed by atoms with Crippen LogP contribution in [0.3, 0.4) is 0 Å². The third-order valence-electron chi connectivity index (χ3n) is 2.70. The monoisotopic (exact) mass is 239 g/mol. The summed E-state index contributed by atoms with van der Waals surface area (Å²) in [5.74, 6) is 0. The Kier molecular flexibility index (Phi) is 3.62. The summed E-state index contributed by atoms with van der Waals surface area (Å²) in [5.41, 5.74) is 0.541. The lowest BCUT2D eigenvalue weighted by molar-refractivity contribution is 0.248. The molecular formula is C11H14ClN3O. The van der Waals surface area contributed by atoms with Crippen molar-refractivity contribution < 1.29 is 4.79 Å². The molecule has 0 aromatic carbocycles. The quantitative estimate of drug-likeness (QED) is 0.780. The Morgan fingerprint density at radius 1 is 1.44 bits per heavy atom. The topological polar surface area (TPSA) is 54.0 Å². The molecule has 0 unspecified atom stereocenters. The Balaban J connectivity index is 1.89. The van der Waals surface area contributed by atoms with E-state index in [0.717, 1.165) is 12.8 Å². The van der Waals surface area contributed by atoms with Crippen LogP contribution in [0.1, 0.15) is 25.7 Å². The van der Waals surface area contributed by atoms with E-state index < -0.39 is 0 Å². The maximum Gasteiger partial charge on any atom is 0.319 e. The maximum absolute atomic E-state index is 11.6. The largest absolute Gasteiger partial charge is 0.335 e. The second-order valence-corrected chi connectivity index (χ2v) is 4.28. The number of hydrogen-bond acceptors (Lipinski definition) is 2. The van der Waals surface area contributed by atoms with Gasteiger partial charge in [-0.1, -0.05) is 24.4 Å². The molecule has 1 fully saturated rings. The van der Waals surface area contributed by atoms with Crippen LogP contribution < -0.4 is 10.6 Å². The summed E-state index contributed by atoms with van der Waals surface area (Å²) in [4.78, 5) is 15.5. The van der Waals surface area contributed by atoms with Crippen molar-refractivity contribution in [2.24, 2.45) is 0 Å². The number of hydrogen-bond donors (Lipinski definition) is 2. The Hall–Kier alpha value is -1.29. The fourth-order valence-electron chi connectivity index (χ4n) is 1.89. The number of aromatic nitrogens is 1. The molecule has 0 bridgehead atoms. The molecule has 16 heavy (non-hydrogen) atoms. The molecule has 1 heterocycles. The number of urea groups is 1. The third-order valence-corrected chi connectivity index (χ3v) is 3.00. The number of pyridine rings is 1. The fraction of sp³-hybridized carbons (Fsp3) is 0.455. The van der Waals surface area contributed by atoms with Crippen molar-refractivity contribution in [2.45, 2.75) is 31.7 Å². The zero-order valence-corrected chi connectivity index (χ0v) is 9.63. The first kappa shape index (κ1) is 11.2. The summed E-state index contributed by atoms with van der Waals surface area (Å²) in [5, 5.41) is 5.92. The molecule has 1 aromatic heterocycles. The molecule has 86 valence electrons. The molecular weight excluding hydrogens is 226 g/mol. The van der Waals surface area contributed by atoms with Gasteiger partial charge in [0.05, 0.1) is 5.69 Å². The molecule has 0 saturated heterocycles. The van der Waals surface area contributed by atoms with E-state index in [9.17, 15) is 4.79 Å². The Bertz CT molecular complexity index is 377. The van der Waals surface area contributed by atoms with Gasteiger partial charge in [-0.3, -0.25) is 0 Å². The van der Waals surface area contributed by atoms with Gasteiger partial charge in [-0.05, 0) is 25.0 Å². The summed E-state index contributed by atoms with van der Waals surface area (Å²) in [6.07, 6.45) is 6.10. The predicted octanol–water partition coefficient (Wildman–Crippen LogP) is 2.80. The molecule has 0 spiro atoms. The highest BCUT2D eigenvalue weighted by atomic mass is 35.5. The average molecular weight is 240 g/mol. The third kappa shape index (κ3) is 2.85. The Morgan fingerprint density at radius 2 is 2.19 bits per heavy atom. The number of nitrogens with zero attached hydrogens (tertiary/aromatic N) is 1. The number of halogens is 1. The molecule has 1 aliphatic rings. The van der Waals surface area contributed by atoms with Crippen LogP contribution in [-0.4, -0.2) is 17.1 Å². The predicted molar refractivity (Wildman–Crippen MR) is 63.7 cm³/mol. The van der Waals surface area contributed by atoms with Crippen LogP contribution in [0.25, 0.3) is 0 Å². The SMILES string of the molecule is O=C(Nc1cccnc1Cl)NC1CCCC1.